The summed E-state index contributed by atoms with van der Waals surface area (Å²) in [7, 11) is 0. The fourth-order valence-electron chi connectivity index (χ4n) is 2.04. The van der Waals surface area contributed by atoms with Crippen LogP contribution in [-0.4, -0.2) is 47.6 Å². The number of rotatable bonds is 6. The minimum Gasteiger partial charge on any atom is -0.494 e. The highest BCUT2D eigenvalue weighted by atomic mass is 32.2. The van der Waals surface area contributed by atoms with E-state index in [4.69, 9.17) is 22.7 Å². The van der Waals surface area contributed by atoms with Crippen LogP contribution in [0.15, 0.2) is 24.3 Å². The number of ether oxygens (including phenoxy) is 1. The predicted octanol–water partition coefficient (Wildman–Crippen LogP) is 2.14. The fraction of sp³-hybridized carbons (Fsp3) is 0.500. The Balaban J connectivity index is 1.70. The van der Waals surface area contributed by atoms with Crippen molar-refractivity contribution in [2.24, 2.45) is 5.73 Å². The highest BCUT2D eigenvalue weighted by Crippen LogP contribution is 2.14. The second-order valence-electron chi connectivity index (χ2n) is 4.55. The van der Waals surface area contributed by atoms with Gasteiger partial charge in [-0.2, -0.15) is 11.8 Å². The normalized spacial score (nSPS) is 16.2. The van der Waals surface area contributed by atoms with Gasteiger partial charge in [-0.1, -0.05) is 24.4 Å². The SMILES string of the molecule is NC(=S)c1cccc(OCCCN2CCSCC2)c1. The van der Waals surface area contributed by atoms with Crippen LogP contribution in [0.3, 0.4) is 0 Å². The predicted molar refractivity (Wildman–Crippen MR) is 86.2 cm³/mol. The molecule has 0 amide bonds. The topological polar surface area (TPSA) is 38.5 Å². The van der Waals surface area contributed by atoms with Crippen molar-refractivity contribution < 1.29 is 4.74 Å². The largest absolute Gasteiger partial charge is 0.494 e. The molecule has 1 aromatic rings. The van der Waals surface area contributed by atoms with Gasteiger partial charge in [0, 0.05) is 36.7 Å². The zero-order valence-electron chi connectivity index (χ0n) is 11.0. The molecule has 2 N–H and O–H groups in total. The summed E-state index contributed by atoms with van der Waals surface area (Å²) in [6.45, 7) is 4.28. The Morgan fingerprint density at radius 2 is 2.16 bits per heavy atom. The lowest BCUT2D eigenvalue weighted by molar-refractivity contribution is 0.248. The third kappa shape index (κ3) is 5.01. The molecule has 1 heterocycles. The van der Waals surface area contributed by atoms with Crippen LogP contribution >= 0.6 is 24.0 Å². The van der Waals surface area contributed by atoms with Crippen molar-refractivity contribution in [2.45, 2.75) is 6.42 Å². The molecule has 5 heteroatoms. The Hall–Kier alpha value is -0.780. The highest BCUT2D eigenvalue weighted by Gasteiger charge is 2.09. The molecular formula is C14H20N2OS2. The quantitative estimate of drug-likeness (QED) is 0.643. The summed E-state index contributed by atoms with van der Waals surface area (Å²) in [6.07, 6.45) is 1.06. The lowest BCUT2D eigenvalue weighted by Gasteiger charge is -2.25. The van der Waals surface area contributed by atoms with Gasteiger partial charge in [-0.05, 0) is 18.6 Å². The first-order chi connectivity index (χ1) is 9.25. The maximum absolute atomic E-state index is 5.74. The summed E-state index contributed by atoms with van der Waals surface area (Å²) in [5.41, 5.74) is 6.46. The number of benzene rings is 1. The van der Waals surface area contributed by atoms with Crippen LogP contribution in [0, 0.1) is 0 Å². The number of hydrogen-bond acceptors (Lipinski definition) is 4. The van der Waals surface area contributed by atoms with E-state index in [1.165, 1.54) is 24.6 Å². The number of thiocarbonyl (C=S) groups is 1. The van der Waals surface area contributed by atoms with Crippen molar-refractivity contribution in [3.8, 4) is 5.75 Å². The molecule has 0 atom stereocenters. The van der Waals surface area contributed by atoms with Crippen molar-refractivity contribution in [3.05, 3.63) is 29.8 Å². The van der Waals surface area contributed by atoms with Gasteiger partial charge in [0.1, 0.15) is 10.7 Å². The minimum absolute atomic E-state index is 0.413. The van der Waals surface area contributed by atoms with Crippen molar-refractivity contribution in [1.29, 1.82) is 0 Å². The van der Waals surface area contributed by atoms with Crippen LogP contribution < -0.4 is 10.5 Å². The van der Waals surface area contributed by atoms with E-state index in [2.05, 4.69) is 4.90 Å². The third-order valence-corrected chi connectivity index (χ3v) is 4.29. The summed E-state index contributed by atoms with van der Waals surface area (Å²) >= 11 is 7.00. The summed E-state index contributed by atoms with van der Waals surface area (Å²) in [4.78, 5) is 2.92. The van der Waals surface area contributed by atoms with Gasteiger partial charge in [0.15, 0.2) is 0 Å². The standard InChI is InChI=1S/C14H20N2OS2/c15-14(18)12-3-1-4-13(11-12)17-8-2-5-16-6-9-19-10-7-16/h1,3-4,11H,2,5-10H2,(H2,15,18). The third-order valence-electron chi connectivity index (χ3n) is 3.11. The van der Waals surface area contributed by atoms with E-state index in [1.54, 1.807) is 0 Å². The average molecular weight is 296 g/mol. The maximum atomic E-state index is 5.74. The Bertz CT molecular complexity index is 420. The zero-order chi connectivity index (χ0) is 13.5. The van der Waals surface area contributed by atoms with Crippen LogP contribution in [0.4, 0.5) is 0 Å². The van der Waals surface area contributed by atoms with Gasteiger partial charge in [0.05, 0.1) is 6.61 Å². The molecule has 3 nitrogen and oxygen atoms in total. The minimum atomic E-state index is 0.413. The number of thioether (sulfide) groups is 1. The van der Waals surface area contributed by atoms with Gasteiger partial charge in [-0.25, -0.2) is 0 Å². The molecule has 19 heavy (non-hydrogen) atoms. The van der Waals surface area contributed by atoms with Crippen LogP contribution in [0.2, 0.25) is 0 Å². The molecule has 1 aliphatic rings. The molecule has 0 radical (unpaired) electrons. The number of hydrogen-bond donors (Lipinski definition) is 1. The highest BCUT2D eigenvalue weighted by molar-refractivity contribution is 7.99. The zero-order valence-corrected chi connectivity index (χ0v) is 12.6. The first-order valence-electron chi connectivity index (χ1n) is 6.58. The van der Waals surface area contributed by atoms with Crippen LogP contribution in [0.25, 0.3) is 0 Å². The lowest BCUT2D eigenvalue weighted by atomic mass is 10.2. The smallest absolute Gasteiger partial charge is 0.119 e. The molecule has 0 saturated carbocycles. The number of nitrogens with zero attached hydrogens (tertiary/aromatic N) is 1. The van der Waals surface area contributed by atoms with E-state index in [-0.39, 0.29) is 0 Å². The Morgan fingerprint density at radius 3 is 2.89 bits per heavy atom. The molecule has 0 aromatic heterocycles. The van der Waals surface area contributed by atoms with Crippen molar-refractivity contribution in [2.75, 3.05) is 37.7 Å². The molecule has 0 spiro atoms. The van der Waals surface area contributed by atoms with E-state index in [0.717, 1.165) is 30.9 Å². The van der Waals surface area contributed by atoms with Crippen molar-refractivity contribution in [1.82, 2.24) is 4.90 Å². The molecule has 1 saturated heterocycles. The molecule has 0 aliphatic carbocycles. The van der Waals surface area contributed by atoms with Gasteiger partial charge in [-0.3, -0.25) is 0 Å². The van der Waals surface area contributed by atoms with Gasteiger partial charge < -0.3 is 15.4 Å². The summed E-state index contributed by atoms with van der Waals surface area (Å²) in [5.74, 6) is 3.37. The Morgan fingerprint density at radius 1 is 1.37 bits per heavy atom. The second-order valence-corrected chi connectivity index (χ2v) is 6.21. The molecule has 1 aliphatic heterocycles. The van der Waals surface area contributed by atoms with Gasteiger partial charge >= 0.3 is 0 Å². The van der Waals surface area contributed by atoms with Gasteiger partial charge in [-0.15, -0.1) is 0 Å². The van der Waals surface area contributed by atoms with E-state index in [0.29, 0.717) is 4.99 Å². The van der Waals surface area contributed by atoms with Crippen LogP contribution in [0.1, 0.15) is 12.0 Å². The van der Waals surface area contributed by atoms with Gasteiger partial charge in [0.25, 0.3) is 0 Å². The lowest BCUT2D eigenvalue weighted by Crippen LogP contribution is -2.33. The summed E-state index contributed by atoms with van der Waals surface area (Å²) < 4.78 is 5.74. The number of nitrogens with two attached hydrogens (primary N) is 1. The molecule has 2 rings (SSSR count). The van der Waals surface area contributed by atoms with Crippen molar-refractivity contribution in [3.63, 3.8) is 0 Å². The second kappa shape index (κ2) is 7.72. The monoisotopic (exact) mass is 296 g/mol. The average Bonchev–Trinajstić information content (AvgIpc) is 2.45. The first-order valence-corrected chi connectivity index (χ1v) is 8.15. The van der Waals surface area contributed by atoms with Crippen molar-refractivity contribution >= 4 is 29.0 Å². The van der Waals surface area contributed by atoms with Crippen LogP contribution in [-0.2, 0) is 0 Å². The Labute approximate surface area is 124 Å². The molecule has 104 valence electrons. The van der Waals surface area contributed by atoms with Crippen LogP contribution in [0.5, 0.6) is 5.75 Å². The van der Waals surface area contributed by atoms with E-state index < -0.39 is 0 Å². The molecule has 1 aromatic carbocycles. The molecular weight excluding hydrogens is 276 g/mol. The van der Waals surface area contributed by atoms with E-state index in [1.807, 2.05) is 36.0 Å². The first kappa shape index (κ1) is 14.6. The summed E-state index contributed by atoms with van der Waals surface area (Å²) in [5, 5.41) is 0. The van der Waals surface area contributed by atoms with Gasteiger partial charge in [0.2, 0.25) is 0 Å². The maximum Gasteiger partial charge on any atom is 0.119 e. The fourth-order valence-corrected chi connectivity index (χ4v) is 3.15. The molecule has 0 bridgehead atoms. The molecule has 0 unspecified atom stereocenters. The summed E-state index contributed by atoms with van der Waals surface area (Å²) in [6, 6.07) is 7.67. The van der Waals surface area contributed by atoms with E-state index in [9.17, 15) is 0 Å². The Kier molecular flexibility index (Phi) is 5.94. The molecule has 1 fully saturated rings. The van der Waals surface area contributed by atoms with E-state index >= 15 is 0 Å².